The summed E-state index contributed by atoms with van der Waals surface area (Å²) in [7, 11) is 0. The molecule has 0 aromatic heterocycles. The second-order valence-corrected chi connectivity index (χ2v) is 6.94. The van der Waals surface area contributed by atoms with Gasteiger partial charge in [-0.1, -0.05) is 32.9 Å². The fraction of sp³-hybridized carbons (Fsp3) is 0.667. The van der Waals surface area contributed by atoms with Crippen LogP contribution in [0, 0.1) is 5.92 Å². The van der Waals surface area contributed by atoms with Gasteiger partial charge in [-0.2, -0.15) is 0 Å². The average molecular weight is 257 g/mol. The second-order valence-electron chi connectivity index (χ2n) is 5.14. The third-order valence-electron chi connectivity index (χ3n) is 2.38. The highest BCUT2D eigenvalue weighted by atomic mass is 32.2. The lowest BCUT2D eigenvalue weighted by molar-refractivity contribution is -0.140. The molecule has 0 aromatic carbocycles. The first kappa shape index (κ1) is 14.1. The molecule has 1 aliphatic rings. The van der Waals surface area contributed by atoms with Crippen LogP contribution in [-0.4, -0.2) is 33.5 Å². The number of carboxylic acid groups (broad SMARTS) is 1. The van der Waals surface area contributed by atoms with Gasteiger partial charge in [0, 0.05) is 10.8 Å². The lowest BCUT2D eigenvalue weighted by Crippen LogP contribution is -2.35. The Morgan fingerprint density at radius 2 is 2.06 bits per heavy atom. The fourth-order valence-electron chi connectivity index (χ4n) is 1.52. The average Bonchev–Trinajstić information content (AvgIpc) is 2.62. The van der Waals surface area contributed by atoms with E-state index in [2.05, 4.69) is 26.1 Å². The van der Waals surface area contributed by atoms with Gasteiger partial charge in [0.1, 0.15) is 0 Å². The Hall–Kier alpha value is -0.970. The number of carbonyl (C=O) groups is 2. The van der Waals surface area contributed by atoms with E-state index in [-0.39, 0.29) is 16.7 Å². The smallest absolute Gasteiger partial charge is 0.310 e. The van der Waals surface area contributed by atoms with Gasteiger partial charge in [-0.25, -0.2) is 0 Å². The summed E-state index contributed by atoms with van der Waals surface area (Å²) in [6.45, 7) is 6.17. The van der Waals surface area contributed by atoms with E-state index in [4.69, 9.17) is 5.11 Å². The Morgan fingerprint density at radius 1 is 1.41 bits per heavy atom. The van der Waals surface area contributed by atoms with Crippen LogP contribution in [0.3, 0.4) is 0 Å². The van der Waals surface area contributed by atoms with Gasteiger partial charge in [0.2, 0.25) is 5.91 Å². The van der Waals surface area contributed by atoms with Gasteiger partial charge in [-0.15, -0.1) is 11.8 Å². The van der Waals surface area contributed by atoms with Crippen LogP contribution in [-0.2, 0) is 9.59 Å². The molecule has 0 aliphatic heterocycles. The van der Waals surface area contributed by atoms with E-state index in [1.54, 1.807) is 23.9 Å². The van der Waals surface area contributed by atoms with Gasteiger partial charge in [-0.3, -0.25) is 9.59 Å². The van der Waals surface area contributed by atoms with Gasteiger partial charge in [0.25, 0.3) is 0 Å². The minimum atomic E-state index is -0.831. The number of carbonyl (C=O) groups excluding carboxylic acids is 1. The van der Waals surface area contributed by atoms with Crippen LogP contribution in [0.5, 0.6) is 0 Å². The van der Waals surface area contributed by atoms with Crippen molar-refractivity contribution in [2.45, 2.75) is 38.0 Å². The first-order valence-corrected chi connectivity index (χ1v) is 6.61. The molecule has 0 spiro atoms. The van der Waals surface area contributed by atoms with Crippen LogP contribution in [0.2, 0.25) is 0 Å². The zero-order valence-electron chi connectivity index (χ0n) is 10.4. The quantitative estimate of drug-likeness (QED) is 0.752. The van der Waals surface area contributed by atoms with Crippen LogP contribution >= 0.6 is 11.8 Å². The number of hydrogen-bond donors (Lipinski definition) is 2. The molecule has 0 fully saturated rings. The SMILES string of the molecule is CC(C)(C)SCC(=O)NC1C=CC(C(=O)O)C1. The lowest BCUT2D eigenvalue weighted by Gasteiger charge is -2.18. The van der Waals surface area contributed by atoms with Crippen molar-refractivity contribution in [2.75, 3.05) is 5.75 Å². The molecular weight excluding hydrogens is 238 g/mol. The molecule has 17 heavy (non-hydrogen) atoms. The standard InChI is InChI=1S/C12H19NO3S/c1-12(2,3)17-7-10(14)13-9-5-4-8(6-9)11(15)16/h4-5,8-9H,6-7H2,1-3H3,(H,13,14)(H,15,16). The minimum Gasteiger partial charge on any atom is -0.481 e. The van der Waals surface area contributed by atoms with E-state index in [0.29, 0.717) is 12.2 Å². The van der Waals surface area contributed by atoms with Crippen LogP contribution in [0.1, 0.15) is 27.2 Å². The maximum Gasteiger partial charge on any atom is 0.310 e. The third kappa shape index (κ3) is 5.26. The number of amides is 1. The van der Waals surface area contributed by atoms with Crippen molar-refractivity contribution in [3.63, 3.8) is 0 Å². The molecular formula is C12H19NO3S. The summed E-state index contributed by atoms with van der Waals surface area (Å²) in [6.07, 6.45) is 3.86. The van der Waals surface area contributed by atoms with E-state index in [1.807, 2.05) is 0 Å². The van der Waals surface area contributed by atoms with Crippen molar-refractivity contribution in [3.05, 3.63) is 12.2 Å². The summed E-state index contributed by atoms with van der Waals surface area (Å²) in [5.74, 6) is -0.922. The summed E-state index contributed by atoms with van der Waals surface area (Å²) in [6, 6.07) is -0.135. The fourth-order valence-corrected chi connectivity index (χ4v) is 2.17. The molecule has 5 heteroatoms. The van der Waals surface area contributed by atoms with E-state index in [0.717, 1.165) is 0 Å². The van der Waals surface area contributed by atoms with Crippen LogP contribution in [0.15, 0.2) is 12.2 Å². The molecule has 2 unspecified atom stereocenters. The number of rotatable bonds is 4. The summed E-state index contributed by atoms with van der Waals surface area (Å²) in [4.78, 5) is 22.3. The Bertz CT molecular complexity index is 333. The molecule has 0 bridgehead atoms. The molecule has 1 amide bonds. The van der Waals surface area contributed by atoms with Gasteiger partial charge in [-0.05, 0) is 6.42 Å². The Kier molecular flexibility index (Phi) is 4.62. The second kappa shape index (κ2) is 5.58. The zero-order valence-corrected chi connectivity index (χ0v) is 11.2. The summed E-state index contributed by atoms with van der Waals surface area (Å²) in [5, 5.41) is 11.6. The van der Waals surface area contributed by atoms with Crippen LogP contribution < -0.4 is 5.32 Å². The zero-order chi connectivity index (χ0) is 13.1. The minimum absolute atomic E-state index is 0.0365. The molecule has 0 saturated heterocycles. The molecule has 0 saturated carbocycles. The number of nitrogens with one attached hydrogen (secondary N) is 1. The first-order valence-electron chi connectivity index (χ1n) is 5.62. The number of carboxylic acids is 1. The lowest BCUT2D eigenvalue weighted by atomic mass is 10.1. The largest absolute Gasteiger partial charge is 0.481 e. The molecule has 2 atom stereocenters. The highest BCUT2D eigenvalue weighted by molar-refractivity contribution is 8.01. The van der Waals surface area contributed by atoms with Crippen LogP contribution in [0.25, 0.3) is 0 Å². The Labute approximate surface area is 106 Å². The van der Waals surface area contributed by atoms with E-state index >= 15 is 0 Å². The monoisotopic (exact) mass is 257 g/mol. The predicted octanol–water partition coefficient (Wildman–Crippen LogP) is 1.66. The maximum atomic E-state index is 11.6. The molecule has 0 radical (unpaired) electrons. The van der Waals surface area contributed by atoms with Crippen molar-refractivity contribution >= 4 is 23.6 Å². The molecule has 2 N–H and O–H groups in total. The number of aliphatic carboxylic acids is 1. The highest BCUT2D eigenvalue weighted by Crippen LogP contribution is 2.23. The molecule has 0 aromatic rings. The predicted molar refractivity (Wildman–Crippen MR) is 69.0 cm³/mol. The first-order chi connectivity index (χ1) is 7.78. The molecule has 1 aliphatic carbocycles. The third-order valence-corrected chi connectivity index (χ3v) is 3.66. The summed E-state index contributed by atoms with van der Waals surface area (Å²) < 4.78 is 0.0620. The van der Waals surface area contributed by atoms with E-state index in [1.165, 1.54) is 0 Å². The normalized spacial score (nSPS) is 23.7. The summed E-state index contributed by atoms with van der Waals surface area (Å²) >= 11 is 1.58. The molecule has 96 valence electrons. The highest BCUT2D eigenvalue weighted by Gasteiger charge is 2.25. The van der Waals surface area contributed by atoms with Crippen molar-refractivity contribution < 1.29 is 14.7 Å². The Balaban J connectivity index is 2.30. The van der Waals surface area contributed by atoms with Gasteiger partial charge >= 0.3 is 5.97 Å². The van der Waals surface area contributed by atoms with Crippen molar-refractivity contribution in [1.29, 1.82) is 0 Å². The Morgan fingerprint density at radius 3 is 2.53 bits per heavy atom. The maximum absolute atomic E-state index is 11.6. The molecule has 1 rings (SSSR count). The number of hydrogen-bond acceptors (Lipinski definition) is 3. The topological polar surface area (TPSA) is 66.4 Å². The van der Waals surface area contributed by atoms with Crippen molar-refractivity contribution in [2.24, 2.45) is 5.92 Å². The van der Waals surface area contributed by atoms with Gasteiger partial charge in [0.15, 0.2) is 0 Å². The molecule has 0 heterocycles. The number of thioether (sulfide) groups is 1. The van der Waals surface area contributed by atoms with Crippen molar-refractivity contribution in [3.8, 4) is 0 Å². The van der Waals surface area contributed by atoms with Gasteiger partial charge in [0.05, 0.1) is 11.7 Å². The van der Waals surface area contributed by atoms with Gasteiger partial charge < -0.3 is 10.4 Å². The summed E-state index contributed by atoms with van der Waals surface area (Å²) in [5.41, 5.74) is 0. The van der Waals surface area contributed by atoms with Crippen molar-refractivity contribution in [1.82, 2.24) is 5.32 Å². The van der Waals surface area contributed by atoms with Crippen LogP contribution in [0.4, 0.5) is 0 Å². The molecule has 4 nitrogen and oxygen atoms in total. The van der Waals surface area contributed by atoms with E-state index < -0.39 is 11.9 Å². The van der Waals surface area contributed by atoms with E-state index in [9.17, 15) is 9.59 Å².